The first-order valence-corrected chi connectivity index (χ1v) is 0.333. The van der Waals surface area contributed by atoms with Gasteiger partial charge in [-0.1, -0.05) is 0 Å². The van der Waals surface area contributed by atoms with Crippen LogP contribution in [0.1, 0.15) is 0 Å². The van der Waals surface area contributed by atoms with Gasteiger partial charge in [0.15, 0.2) is 0 Å². The van der Waals surface area contributed by atoms with Gasteiger partial charge < -0.3 is 5.48 Å². The van der Waals surface area contributed by atoms with Crippen LogP contribution >= 0.6 is 0 Å². The number of nitrogens with two attached hydrogens (primary N) is 2. The summed E-state index contributed by atoms with van der Waals surface area (Å²) in [5, 5.41) is 0. The minimum atomic E-state index is 0. The molecular formula is H6AgN2O. The fraction of sp³-hybridized carbons (Fsp3) is 0. The molecule has 0 amide bonds. The van der Waals surface area contributed by atoms with Gasteiger partial charge in [0.1, 0.15) is 0 Å². The van der Waals surface area contributed by atoms with Crippen LogP contribution in [0.5, 0.6) is 0 Å². The molecule has 0 spiro atoms. The maximum Gasteiger partial charge on any atom is 0 e. The van der Waals surface area contributed by atoms with E-state index in [1.807, 2.05) is 0 Å². The van der Waals surface area contributed by atoms with Crippen molar-refractivity contribution in [3.05, 3.63) is 0 Å². The van der Waals surface area contributed by atoms with Crippen molar-refractivity contribution >= 4 is 0 Å². The third-order valence-electron chi connectivity index (χ3n) is 0. The molecule has 0 saturated heterocycles. The van der Waals surface area contributed by atoms with Gasteiger partial charge in [0, 0.05) is 22.4 Å². The summed E-state index contributed by atoms with van der Waals surface area (Å²) >= 11 is 0. The summed E-state index contributed by atoms with van der Waals surface area (Å²) < 4.78 is 0. The summed E-state index contributed by atoms with van der Waals surface area (Å²) in [5.41, 5.74) is 0. The van der Waals surface area contributed by atoms with Crippen LogP contribution in [0.4, 0.5) is 0 Å². The molecule has 0 aromatic heterocycles. The van der Waals surface area contributed by atoms with E-state index in [4.69, 9.17) is 0 Å². The molecule has 4 heavy (non-hydrogen) atoms. The molecule has 0 bridgehead atoms. The Labute approximate surface area is 40.1 Å². The van der Waals surface area contributed by atoms with Crippen molar-refractivity contribution in [2.75, 3.05) is 0 Å². The smallest absolute Gasteiger partial charge is 0 e. The number of hydrogen-bond acceptors (Lipinski definition) is 2. The Hall–Kier alpha value is 0.620. The van der Waals surface area contributed by atoms with Gasteiger partial charge >= 0.3 is 0 Å². The molecule has 0 aromatic rings. The second-order valence-corrected chi connectivity index (χ2v) is 0. The number of rotatable bonds is 0. The van der Waals surface area contributed by atoms with E-state index in [1.54, 1.807) is 0 Å². The molecule has 0 saturated carbocycles. The van der Waals surface area contributed by atoms with Gasteiger partial charge in [-0.25, -0.2) is 0 Å². The molecule has 4 heteroatoms. The Morgan fingerprint density at radius 1 is 1.00 bits per heavy atom. The molecule has 0 aliphatic carbocycles. The molecule has 6 N–H and O–H groups in total. The van der Waals surface area contributed by atoms with Crippen LogP contribution in [0, 0.1) is 0 Å². The quantitative estimate of drug-likeness (QED) is 0.242. The van der Waals surface area contributed by atoms with Crippen LogP contribution < -0.4 is 11.7 Å². The second kappa shape index (κ2) is 64.6. The van der Waals surface area contributed by atoms with Crippen molar-refractivity contribution in [3.63, 3.8) is 0 Å². The maximum absolute atomic E-state index is 4.00. The van der Waals surface area contributed by atoms with E-state index in [1.165, 1.54) is 0 Å². The Bertz CT molecular complexity index is 6.00. The van der Waals surface area contributed by atoms with E-state index in [9.17, 15) is 0 Å². The van der Waals surface area contributed by atoms with Crippen molar-refractivity contribution in [1.29, 1.82) is 0 Å². The maximum atomic E-state index is 4.00. The third kappa shape index (κ3) is 17.9. The monoisotopic (exact) mass is 157 g/mol. The molecule has 3 nitrogen and oxygen atoms in total. The number of hydrazine groups is 1. The zero-order chi connectivity index (χ0) is 2.00. The summed E-state index contributed by atoms with van der Waals surface area (Å²) in [6, 6.07) is 0. The van der Waals surface area contributed by atoms with Gasteiger partial charge in [-0.05, 0) is 0 Å². The van der Waals surface area contributed by atoms with Crippen LogP contribution in [0.3, 0.4) is 0 Å². The molecule has 0 atom stereocenters. The van der Waals surface area contributed by atoms with E-state index >= 15 is 0 Å². The van der Waals surface area contributed by atoms with Crippen molar-refractivity contribution < 1.29 is 27.9 Å². The van der Waals surface area contributed by atoms with Gasteiger partial charge in [-0.15, -0.1) is 0 Å². The van der Waals surface area contributed by atoms with E-state index in [2.05, 4.69) is 11.7 Å². The minimum Gasteiger partial charge on any atom is -0.412 e. The first-order valence-electron chi connectivity index (χ1n) is 0.333. The molecule has 0 unspecified atom stereocenters. The predicted molar refractivity (Wildman–Crippen MR) is 12.0 cm³/mol. The van der Waals surface area contributed by atoms with E-state index in [-0.39, 0.29) is 27.9 Å². The first-order chi connectivity index (χ1) is 1.00. The third-order valence-corrected chi connectivity index (χ3v) is 0. The van der Waals surface area contributed by atoms with Gasteiger partial charge in [-0.2, -0.15) is 0 Å². The molecule has 0 aromatic carbocycles. The van der Waals surface area contributed by atoms with Gasteiger partial charge in [-0.3, -0.25) is 11.7 Å². The molecule has 0 aliphatic rings. The average Bonchev–Trinajstić information content (AvgIpc) is 1.00. The Morgan fingerprint density at radius 2 is 1.00 bits per heavy atom. The molecular weight excluding hydrogens is 152 g/mol. The van der Waals surface area contributed by atoms with E-state index in [0.717, 1.165) is 0 Å². The molecule has 0 aliphatic heterocycles. The van der Waals surface area contributed by atoms with Gasteiger partial charge in [0.25, 0.3) is 0 Å². The molecule has 0 rings (SSSR count). The minimum absolute atomic E-state index is 0. The van der Waals surface area contributed by atoms with Crippen LogP contribution in [0.25, 0.3) is 0 Å². The zero-order valence-electron chi connectivity index (χ0n) is 1.96. The fourth-order valence-electron chi connectivity index (χ4n) is 0. The molecule has 33 valence electrons. The molecule has 0 heterocycles. The Balaban J connectivity index is -0.00000000500. The molecule has 1 radical (unpaired) electrons. The van der Waals surface area contributed by atoms with Crippen LogP contribution in [0.15, 0.2) is 0 Å². The van der Waals surface area contributed by atoms with Crippen molar-refractivity contribution in [2.24, 2.45) is 11.7 Å². The van der Waals surface area contributed by atoms with Crippen molar-refractivity contribution in [3.8, 4) is 0 Å². The van der Waals surface area contributed by atoms with E-state index in [0.29, 0.717) is 0 Å². The SMILES string of the molecule is NN.O.[Ag]. The summed E-state index contributed by atoms with van der Waals surface area (Å²) in [6.45, 7) is 0. The predicted octanol–water partition coefficient (Wildman–Crippen LogP) is -2.01. The fourth-order valence-corrected chi connectivity index (χ4v) is 0. The van der Waals surface area contributed by atoms with Crippen molar-refractivity contribution in [1.82, 2.24) is 0 Å². The largest absolute Gasteiger partial charge is 0.412 e. The average molecular weight is 158 g/mol. The topological polar surface area (TPSA) is 83.5 Å². The zero-order valence-corrected chi connectivity index (χ0v) is 3.44. The van der Waals surface area contributed by atoms with Gasteiger partial charge in [0.05, 0.1) is 0 Å². The normalized spacial score (nSPS) is 1.50. The Kier molecular flexibility index (Phi) is 373. The first kappa shape index (κ1) is 23.1. The summed E-state index contributed by atoms with van der Waals surface area (Å²) in [5.74, 6) is 8.00. The summed E-state index contributed by atoms with van der Waals surface area (Å²) in [4.78, 5) is 0. The standard InChI is InChI=1S/Ag.H4N2.H2O/c;1-2;/h;1-2H2;1H2. The Morgan fingerprint density at radius 3 is 1.00 bits per heavy atom. The number of hydrogen-bond donors (Lipinski definition) is 2. The summed E-state index contributed by atoms with van der Waals surface area (Å²) in [7, 11) is 0. The van der Waals surface area contributed by atoms with Crippen LogP contribution in [-0.2, 0) is 22.4 Å². The van der Waals surface area contributed by atoms with Crippen LogP contribution in [-0.4, -0.2) is 5.48 Å². The second-order valence-electron chi connectivity index (χ2n) is 0. The summed E-state index contributed by atoms with van der Waals surface area (Å²) in [6.07, 6.45) is 0. The van der Waals surface area contributed by atoms with E-state index < -0.39 is 0 Å². The molecule has 0 fully saturated rings. The van der Waals surface area contributed by atoms with Crippen LogP contribution in [0.2, 0.25) is 0 Å². The van der Waals surface area contributed by atoms with Crippen molar-refractivity contribution in [2.45, 2.75) is 0 Å². The van der Waals surface area contributed by atoms with Gasteiger partial charge in [0.2, 0.25) is 0 Å².